The molecule has 0 saturated heterocycles. The molecule has 4 nitrogen and oxygen atoms in total. The second-order valence-corrected chi connectivity index (χ2v) is 6.30. The Bertz CT molecular complexity index is 497. The van der Waals surface area contributed by atoms with E-state index >= 15 is 0 Å². The molecule has 0 aliphatic rings. The zero-order valence-corrected chi connectivity index (χ0v) is 12.5. The van der Waals surface area contributed by atoms with E-state index in [2.05, 4.69) is 10.2 Å². The summed E-state index contributed by atoms with van der Waals surface area (Å²) in [5.41, 5.74) is 3.86. The van der Waals surface area contributed by atoms with Gasteiger partial charge in [-0.05, 0) is 25.0 Å². The largest absolute Gasteiger partial charge is 0.490 e. The monoisotopic (exact) mass is 296 g/mol. The van der Waals surface area contributed by atoms with E-state index in [1.807, 2.05) is 32.0 Å². The van der Waals surface area contributed by atoms with E-state index in [1.165, 1.54) is 23.1 Å². The van der Waals surface area contributed by atoms with Gasteiger partial charge in [0.15, 0.2) is 4.34 Å². The average Bonchev–Trinajstić information content (AvgIpc) is 2.89. The molecule has 19 heavy (non-hydrogen) atoms. The summed E-state index contributed by atoms with van der Waals surface area (Å²) in [6.07, 6.45) is -0.520. The fourth-order valence-electron chi connectivity index (χ4n) is 1.65. The Balaban J connectivity index is 1.81. The Kier molecular flexibility index (Phi) is 5.18. The number of para-hydroxylation sites is 1. The number of aliphatic hydroxyl groups excluding tert-OH is 1. The van der Waals surface area contributed by atoms with E-state index in [0.717, 1.165) is 21.2 Å². The van der Waals surface area contributed by atoms with Gasteiger partial charge in [0, 0.05) is 5.75 Å². The van der Waals surface area contributed by atoms with Gasteiger partial charge in [-0.3, -0.25) is 0 Å². The summed E-state index contributed by atoms with van der Waals surface area (Å²) in [5.74, 6) is 1.42. The first kappa shape index (κ1) is 14.3. The molecule has 6 heteroatoms. The number of hydrogen-bond donors (Lipinski definition) is 1. The number of thioether (sulfide) groups is 1. The predicted octanol–water partition coefficient (Wildman–Crippen LogP) is 2.69. The third kappa shape index (κ3) is 4.19. The van der Waals surface area contributed by atoms with E-state index < -0.39 is 6.10 Å². The smallest absolute Gasteiger partial charge is 0.174 e. The molecule has 1 atom stereocenters. The van der Waals surface area contributed by atoms with Crippen molar-refractivity contribution in [1.29, 1.82) is 0 Å². The minimum Gasteiger partial charge on any atom is -0.490 e. The molecule has 102 valence electrons. The van der Waals surface area contributed by atoms with Crippen molar-refractivity contribution < 1.29 is 9.84 Å². The van der Waals surface area contributed by atoms with Gasteiger partial charge in [-0.15, -0.1) is 10.2 Å². The third-order valence-corrected chi connectivity index (χ3v) is 4.57. The third-order valence-electron chi connectivity index (χ3n) is 2.57. The highest BCUT2D eigenvalue weighted by Gasteiger charge is 2.10. The molecule has 0 bridgehead atoms. The van der Waals surface area contributed by atoms with Crippen LogP contribution in [0.1, 0.15) is 11.1 Å². The molecule has 0 fully saturated rings. The Hall–Kier alpha value is -1.11. The van der Waals surface area contributed by atoms with E-state index in [1.54, 1.807) is 5.51 Å². The molecule has 1 N–H and O–H groups in total. The summed E-state index contributed by atoms with van der Waals surface area (Å²) in [6.45, 7) is 4.30. The summed E-state index contributed by atoms with van der Waals surface area (Å²) < 4.78 is 6.57. The van der Waals surface area contributed by atoms with Crippen LogP contribution in [-0.4, -0.2) is 33.8 Å². The van der Waals surface area contributed by atoms with Crippen LogP contribution in [0.25, 0.3) is 0 Å². The van der Waals surface area contributed by atoms with Crippen LogP contribution >= 0.6 is 23.1 Å². The quantitative estimate of drug-likeness (QED) is 0.831. The van der Waals surface area contributed by atoms with Crippen molar-refractivity contribution >= 4 is 23.1 Å². The van der Waals surface area contributed by atoms with Crippen LogP contribution in [0.2, 0.25) is 0 Å². The molecule has 0 radical (unpaired) electrons. The Morgan fingerprint density at radius 2 is 2.11 bits per heavy atom. The summed E-state index contributed by atoms with van der Waals surface area (Å²) in [7, 11) is 0. The highest BCUT2D eigenvalue weighted by atomic mass is 32.2. The highest BCUT2D eigenvalue weighted by molar-refractivity contribution is 8.01. The van der Waals surface area contributed by atoms with Gasteiger partial charge in [0.25, 0.3) is 0 Å². The van der Waals surface area contributed by atoms with E-state index in [4.69, 9.17) is 4.74 Å². The zero-order valence-electron chi connectivity index (χ0n) is 10.9. The lowest BCUT2D eigenvalue weighted by atomic mass is 10.1. The summed E-state index contributed by atoms with van der Waals surface area (Å²) in [4.78, 5) is 0. The first-order valence-electron chi connectivity index (χ1n) is 5.93. The molecule has 0 aliphatic heterocycles. The predicted molar refractivity (Wildman–Crippen MR) is 78.1 cm³/mol. The maximum Gasteiger partial charge on any atom is 0.174 e. The van der Waals surface area contributed by atoms with Crippen LogP contribution in [0.4, 0.5) is 0 Å². The molecular weight excluding hydrogens is 280 g/mol. The van der Waals surface area contributed by atoms with E-state index in [0.29, 0.717) is 5.75 Å². The molecule has 0 aliphatic carbocycles. The first-order valence-corrected chi connectivity index (χ1v) is 7.79. The minimum absolute atomic E-state index is 0.289. The van der Waals surface area contributed by atoms with Crippen LogP contribution < -0.4 is 4.74 Å². The van der Waals surface area contributed by atoms with Crippen LogP contribution in [0.15, 0.2) is 28.0 Å². The van der Waals surface area contributed by atoms with Crippen molar-refractivity contribution in [3.05, 3.63) is 34.8 Å². The van der Waals surface area contributed by atoms with Crippen molar-refractivity contribution in [3.8, 4) is 5.75 Å². The minimum atomic E-state index is -0.520. The number of aromatic nitrogens is 2. The molecule has 0 spiro atoms. The van der Waals surface area contributed by atoms with E-state index in [9.17, 15) is 5.11 Å². The van der Waals surface area contributed by atoms with Gasteiger partial charge in [-0.2, -0.15) is 0 Å². The maximum absolute atomic E-state index is 9.90. The SMILES string of the molecule is Cc1cccc(C)c1OCC(O)CSc1nncs1. The summed E-state index contributed by atoms with van der Waals surface area (Å²) in [6, 6.07) is 6.01. The second kappa shape index (κ2) is 6.88. The van der Waals surface area contributed by atoms with Gasteiger partial charge in [0.05, 0.1) is 6.10 Å². The highest BCUT2D eigenvalue weighted by Crippen LogP contribution is 2.23. The van der Waals surface area contributed by atoms with Crippen molar-refractivity contribution in [1.82, 2.24) is 10.2 Å². The number of aryl methyl sites for hydroxylation is 2. The zero-order chi connectivity index (χ0) is 13.7. The Morgan fingerprint density at radius 1 is 1.37 bits per heavy atom. The normalized spacial score (nSPS) is 12.4. The van der Waals surface area contributed by atoms with Crippen LogP contribution in [-0.2, 0) is 0 Å². The first-order chi connectivity index (χ1) is 9.16. The number of benzene rings is 1. The van der Waals surface area contributed by atoms with Crippen molar-refractivity contribution in [2.45, 2.75) is 24.3 Å². The molecule has 1 unspecified atom stereocenters. The lowest BCUT2D eigenvalue weighted by Crippen LogP contribution is -2.20. The number of hydrogen-bond acceptors (Lipinski definition) is 6. The van der Waals surface area contributed by atoms with Crippen LogP contribution in [0.5, 0.6) is 5.75 Å². The summed E-state index contributed by atoms with van der Waals surface area (Å²) >= 11 is 2.97. The van der Waals surface area contributed by atoms with Gasteiger partial charge in [0.2, 0.25) is 0 Å². The molecule has 1 aromatic heterocycles. The lowest BCUT2D eigenvalue weighted by Gasteiger charge is -2.14. The maximum atomic E-state index is 9.90. The van der Waals surface area contributed by atoms with Gasteiger partial charge in [-0.1, -0.05) is 41.3 Å². The summed E-state index contributed by atoms with van der Waals surface area (Å²) in [5, 5.41) is 17.6. The van der Waals surface area contributed by atoms with Crippen molar-refractivity contribution in [2.75, 3.05) is 12.4 Å². The topological polar surface area (TPSA) is 55.2 Å². The fraction of sp³-hybridized carbons (Fsp3) is 0.385. The molecule has 2 rings (SSSR count). The standard InChI is InChI=1S/C13H16N2O2S2/c1-9-4-3-5-10(2)12(9)17-6-11(16)7-18-13-15-14-8-19-13/h3-5,8,11,16H,6-7H2,1-2H3. The average molecular weight is 296 g/mol. The lowest BCUT2D eigenvalue weighted by molar-refractivity contribution is 0.125. The molecular formula is C13H16N2O2S2. The number of aliphatic hydroxyl groups is 1. The van der Waals surface area contributed by atoms with Crippen LogP contribution in [0, 0.1) is 13.8 Å². The van der Waals surface area contributed by atoms with Gasteiger partial charge >= 0.3 is 0 Å². The number of ether oxygens (including phenoxy) is 1. The molecule has 1 heterocycles. The van der Waals surface area contributed by atoms with Gasteiger partial charge in [0.1, 0.15) is 17.9 Å². The van der Waals surface area contributed by atoms with Crippen LogP contribution in [0.3, 0.4) is 0 Å². The Labute approximate surface area is 120 Å². The fourth-order valence-corrected chi connectivity index (χ4v) is 3.07. The molecule has 1 aromatic carbocycles. The molecule has 0 amide bonds. The number of nitrogens with zero attached hydrogens (tertiary/aromatic N) is 2. The van der Waals surface area contributed by atoms with Crippen molar-refractivity contribution in [3.63, 3.8) is 0 Å². The second-order valence-electron chi connectivity index (χ2n) is 4.20. The van der Waals surface area contributed by atoms with Gasteiger partial charge in [-0.25, -0.2) is 0 Å². The van der Waals surface area contributed by atoms with E-state index in [-0.39, 0.29) is 6.61 Å². The Morgan fingerprint density at radius 3 is 2.74 bits per heavy atom. The number of rotatable bonds is 6. The van der Waals surface area contributed by atoms with Crippen molar-refractivity contribution in [2.24, 2.45) is 0 Å². The molecule has 2 aromatic rings. The molecule has 0 saturated carbocycles. The van der Waals surface area contributed by atoms with Gasteiger partial charge < -0.3 is 9.84 Å².